The predicted molar refractivity (Wildman–Crippen MR) is 119 cm³/mol. The monoisotopic (exact) mass is 455 g/mol. The van der Waals surface area contributed by atoms with Crippen LogP contribution in [0, 0.1) is 11.6 Å². The summed E-state index contributed by atoms with van der Waals surface area (Å²) < 4.78 is 54.6. The molecule has 1 aromatic heterocycles. The third-order valence-electron chi connectivity index (χ3n) is 4.88. The van der Waals surface area contributed by atoms with Crippen LogP contribution < -0.4 is 10.0 Å². The maximum absolute atomic E-state index is 13.4. The molecular weight excluding hydrogens is 436 g/mol. The van der Waals surface area contributed by atoms with Gasteiger partial charge >= 0.3 is 0 Å². The number of amides is 1. The first-order valence-corrected chi connectivity index (χ1v) is 11.2. The second-order valence-electron chi connectivity index (χ2n) is 7.16. The van der Waals surface area contributed by atoms with E-state index in [1.54, 1.807) is 19.1 Å². The number of nitrogens with one attached hydrogen (secondary N) is 3. The Bertz CT molecular complexity index is 1380. The van der Waals surface area contributed by atoms with Crippen molar-refractivity contribution in [2.45, 2.75) is 18.2 Å². The lowest BCUT2D eigenvalue weighted by Crippen LogP contribution is -2.16. The summed E-state index contributed by atoms with van der Waals surface area (Å²) in [6.45, 7) is 1.76. The van der Waals surface area contributed by atoms with E-state index in [-0.39, 0.29) is 16.5 Å². The Kier molecular flexibility index (Phi) is 5.67. The SMILES string of the molecule is CCc1cc(NC(=O)c2cc3ccccc3[nH]2)ccc1S(=O)(=O)Nc1cc(F)cc(F)c1. The molecule has 0 spiro atoms. The molecule has 0 aliphatic rings. The molecule has 6 nitrogen and oxygen atoms in total. The number of sulfonamides is 1. The van der Waals surface area contributed by atoms with Crippen LogP contribution in [0.15, 0.2) is 71.6 Å². The highest BCUT2D eigenvalue weighted by atomic mass is 32.2. The van der Waals surface area contributed by atoms with Gasteiger partial charge in [-0.25, -0.2) is 17.2 Å². The zero-order valence-corrected chi connectivity index (χ0v) is 17.8. The number of fused-ring (bicyclic) bond motifs is 1. The highest BCUT2D eigenvalue weighted by molar-refractivity contribution is 7.92. The third-order valence-corrected chi connectivity index (χ3v) is 6.36. The quantitative estimate of drug-likeness (QED) is 0.379. The van der Waals surface area contributed by atoms with Gasteiger partial charge in [-0.05, 0) is 54.4 Å². The van der Waals surface area contributed by atoms with Gasteiger partial charge in [0, 0.05) is 22.7 Å². The minimum absolute atomic E-state index is 0.0479. The van der Waals surface area contributed by atoms with E-state index in [1.165, 1.54) is 12.1 Å². The summed E-state index contributed by atoms with van der Waals surface area (Å²) in [7, 11) is -4.11. The van der Waals surface area contributed by atoms with E-state index in [0.29, 0.717) is 29.4 Å². The van der Waals surface area contributed by atoms with E-state index >= 15 is 0 Å². The summed E-state index contributed by atoms with van der Waals surface area (Å²) in [5.41, 5.74) is 1.83. The standard InChI is InChI=1S/C23H19F2N3O3S/c1-2-14-9-18(26-23(29)21-10-15-5-3-4-6-20(15)27-21)7-8-22(14)32(30,31)28-19-12-16(24)11-17(25)13-19/h3-13,27-28H,2H2,1H3,(H,26,29). The minimum atomic E-state index is -4.11. The van der Waals surface area contributed by atoms with Gasteiger partial charge in [0.15, 0.2) is 0 Å². The molecule has 3 aromatic carbocycles. The van der Waals surface area contributed by atoms with E-state index < -0.39 is 21.7 Å². The van der Waals surface area contributed by atoms with Crippen molar-refractivity contribution in [2.24, 2.45) is 0 Å². The maximum atomic E-state index is 13.4. The van der Waals surface area contributed by atoms with Crippen LogP contribution in [-0.2, 0) is 16.4 Å². The molecule has 0 unspecified atom stereocenters. The fourth-order valence-corrected chi connectivity index (χ4v) is 4.75. The fourth-order valence-electron chi connectivity index (χ4n) is 3.41. The van der Waals surface area contributed by atoms with Gasteiger partial charge in [-0.1, -0.05) is 25.1 Å². The molecule has 4 aromatic rings. The lowest BCUT2D eigenvalue weighted by molar-refractivity contribution is 0.102. The number of para-hydroxylation sites is 1. The molecule has 0 saturated heterocycles. The number of halogens is 2. The van der Waals surface area contributed by atoms with Gasteiger partial charge in [0.25, 0.3) is 15.9 Å². The number of carbonyl (C=O) groups is 1. The molecule has 3 N–H and O–H groups in total. The molecule has 1 amide bonds. The van der Waals surface area contributed by atoms with Crippen molar-refractivity contribution < 1.29 is 22.0 Å². The van der Waals surface area contributed by atoms with E-state index in [4.69, 9.17) is 0 Å². The zero-order valence-electron chi connectivity index (χ0n) is 16.9. The van der Waals surface area contributed by atoms with Gasteiger partial charge in [0.2, 0.25) is 0 Å². The van der Waals surface area contributed by atoms with Crippen LogP contribution in [-0.4, -0.2) is 19.3 Å². The largest absolute Gasteiger partial charge is 0.351 e. The molecular formula is C23H19F2N3O3S. The van der Waals surface area contributed by atoms with Crippen molar-refractivity contribution in [1.82, 2.24) is 4.98 Å². The van der Waals surface area contributed by atoms with Gasteiger partial charge in [-0.3, -0.25) is 9.52 Å². The van der Waals surface area contributed by atoms with Crippen molar-refractivity contribution in [3.63, 3.8) is 0 Å². The molecule has 0 saturated carbocycles. The number of benzene rings is 3. The molecule has 0 bridgehead atoms. The van der Waals surface area contributed by atoms with Crippen LogP contribution in [0.25, 0.3) is 10.9 Å². The second kappa shape index (κ2) is 8.43. The molecule has 4 rings (SSSR count). The van der Waals surface area contributed by atoms with Gasteiger partial charge < -0.3 is 10.3 Å². The van der Waals surface area contributed by atoms with Crippen molar-refractivity contribution in [3.05, 3.63) is 89.6 Å². The Morgan fingerprint density at radius 2 is 1.66 bits per heavy atom. The lowest BCUT2D eigenvalue weighted by Gasteiger charge is -2.13. The summed E-state index contributed by atoms with van der Waals surface area (Å²) in [5.74, 6) is -2.16. The average Bonchev–Trinajstić information content (AvgIpc) is 3.17. The Balaban J connectivity index is 1.58. The Labute approximate surface area is 183 Å². The summed E-state index contributed by atoms with van der Waals surface area (Å²) in [5, 5.41) is 3.65. The number of hydrogen-bond donors (Lipinski definition) is 3. The minimum Gasteiger partial charge on any atom is -0.351 e. The van der Waals surface area contributed by atoms with Crippen molar-refractivity contribution in [1.29, 1.82) is 0 Å². The van der Waals surface area contributed by atoms with E-state index in [2.05, 4.69) is 15.0 Å². The molecule has 9 heteroatoms. The maximum Gasteiger partial charge on any atom is 0.272 e. The van der Waals surface area contributed by atoms with Gasteiger partial charge in [0.1, 0.15) is 17.3 Å². The number of hydrogen-bond acceptors (Lipinski definition) is 3. The molecule has 0 aliphatic heterocycles. The molecule has 0 radical (unpaired) electrons. The lowest BCUT2D eigenvalue weighted by atomic mass is 10.1. The van der Waals surface area contributed by atoms with E-state index in [1.807, 2.05) is 24.3 Å². The average molecular weight is 455 g/mol. The zero-order chi connectivity index (χ0) is 22.9. The second-order valence-corrected chi connectivity index (χ2v) is 8.81. The molecule has 32 heavy (non-hydrogen) atoms. The summed E-state index contributed by atoms with van der Waals surface area (Å²) >= 11 is 0. The first-order chi connectivity index (χ1) is 15.2. The van der Waals surface area contributed by atoms with Crippen LogP contribution in [0.5, 0.6) is 0 Å². The van der Waals surface area contributed by atoms with Crippen molar-refractivity contribution in [2.75, 3.05) is 10.0 Å². The number of H-pyrrole nitrogens is 1. The highest BCUT2D eigenvalue weighted by Crippen LogP contribution is 2.25. The Hall–Kier alpha value is -3.72. The van der Waals surface area contributed by atoms with Gasteiger partial charge in [-0.2, -0.15) is 0 Å². The number of aryl methyl sites for hydroxylation is 1. The van der Waals surface area contributed by atoms with Crippen molar-refractivity contribution >= 4 is 38.2 Å². The molecule has 1 heterocycles. The van der Waals surface area contributed by atoms with Gasteiger partial charge in [-0.15, -0.1) is 0 Å². The Morgan fingerprint density at radius 3 is 2.34 bits per heavy atom. The van der Waals surface area contributed by atoms with Crippen LogP contribution in [0.3, 0.4) is 0 Å². The highest BCUT2D eigenvalue weighted by Gasteiger charge is 2.20. The first kappa shape index (κ1) is 21.5. The number of anilines is 2. The first-order valence-electron chi connectivity index (χ1n) is 9.76. The number of aromatic nitrogens is 1. The summed E-state index contributed by atoms with van der Waals surface area (Å²) in [6.07, 6.45) is 0.351. The predicted octanol–water partition coefficient (Wildman–Crippen LogP) is 5.06. The smallest absolute Gasteiger partial charge is 0.272 e. The van der Waals surface area contributed by atoms with E-state index in [9.17, 15) is 22.0 Å². The van der Waals surface area contributed by atoms with Crippen molar-refractivity contribution in [3.8, 4) is 0 Å². The summed E-state index contributed by atoms with van der Waals surface area (Å²) in [4.78, 5) is 15.6. The fraction of sp³-hybridized carbons (Fsp3) is 0.0870. The number of aromatic amines is 1. The van der Waals surface area contributed by atoms with Crippen LogP contribution in [0.4, 0.5) is 20.2 Å². The van der Waals surface area contributed by atoms with Crippen LogP contribution in [0.1, 0.15) is 23.0 Å². The topological polar surface area (TPSA) is 91.1 Å². The number of carbonyl (C=O) groups excluding carboxylic acids is 1. The summed E-state index contributed by atoms with van der Waals surface area (Å²) in [6, 6.07) is 16.0. The molecule has 0 aliphatic carbocycles. The molecule has 0 fully saturated rings. The number of rotatable bonds is 6. The van der Waals surface area contributed by atoms with E-state index in [0.717, 1.165) is 23.0 Å². The molecule has 0 atom stereocenters. The normalized spacial score (nSPS) is 11.5. The molecule has 164 valence electrons. The van der Waals surface area contributed by atoms with Crippen LogP contribution in [0.2, 0.25) is 0 Å². The Morgan fingerprint density at radius 1 is 0.938 bits per heavy atom. The third kappa shape index (κ3) is 4.47. The van der Waals surface area contributed by atoms with Gasteiger partial charge in [0.05, 0.1) is 10.6 Å². The van der Waals surface area contributed by atoms with Crippen LogP contribution >= 0.6 is 0 Å².